The number of sulfonamides is 1. The van der Waals surface area contributed by atoms with Crippen LogP contribution in [0.5, 0.6) is 0 Å². The summed E-state index contributed by atoms with van der Waals surface area (Å²) in [6.07, 6.45) is -4.03. The largest absolute Gasteiger partial charge is 0.416 e. The lowest BCUT2D eigenvalue weighted by molar-refractivity contribution is -0.137. The summed E-state index contributed by atoms with van der Waals surface area (Å²) in [6.45, 7) is 3.71. The Kier molecular flexibility index (Phi) is 5.64. The van der Waals surface area contributed by atoms with E-state index >= 15 is 0 Å². The molecule has 0 saturated carbocycles. The molecule has 0 radical (unpaired) electrons. The molecule has 9 heteroatoms. The molecule has 0 aromatic heterocycles. The summed E-state index contributed by atoms with van der Waals surface area (Å²) in [5.74, 6) is -0.867. The van der Waals surface area contributed by atoms with Crippen molar-refractivity contribution in [1.82, 2.24) is 0 Å². The standard InChI is InChI=1S/C24H22F4N2O2S/c1-23(2)14-21(29-20-12-11-15(13-17(20)23)24(26,27)28)16-7-3-5-9-19(16)30-33(31,32)22-10-6-4-8-18(22)25/h3-13,21,29-30H,14H2,1-2H3. The first-order valence-corrected chi connectivity index (χ1v) is 11.7. The third-order valence-electron chi connectivity index (χ3n) is 5.83. The Morgan fingerprint density at radius 1 is 1.00 bits per heavy atom. The fourth-order valence-corrected chi connectivity index (χ4v) is 5.38. The first kappa shape index (κ1) is 23.1. The Bertz CT molecular complexity index is 1300. The number of rotatable bonds is 4. The summed E-state index contributed by atoms with van der Waals surface area (Å²) in [5, 5.41) is 3.25. The fraction of sp³-hybridized carbons (Fsp3) is 0.250. The lowest BCUT2D eigenvalue weighted by Gasteiger charge is -2.39. The SMILES string of the molecule is CC1(C)CC(c2ccccc2NS(=O)(=O)c2ccccc2F)Nc2ccc(C(F)(F)F)cc21. The van der Waals surface area contributed by atoms with Crippen molar-refractivity contribution in [2.75, 3.05) is 10.0 Å². The van der Waals surface area contributed by atoms with Crippen LogP contribution in [-0.2, 0) is 21.6 Å². The molecule has 0 bridgehead atoms. The van der Waals surface area contributed by atoms with Crippen LogP contribution in [0.3, 0.4) is 0 Å². The minimum Gasteiger partial charge on any atom is -0.378 e. The van der Waals surface area contributed by atoms with Gasteiger partial charge in [0.05, 0.1) is 17.3 Å². The summed E-state index contributed by atoms with van der Waals surface area (Å²) in [5.41, 5.74) is 0.631. The molecule has 0 spiro atoms. The normalized spacial score (nSPS) is 17.7. The number of hydrogen-bond donors (Lipinski definition) is 2. The minimum atomic E-state index is -4.44. The molecule has 1 aliphatic heterocycles. The van der Waals surface area contributed by atoms with E-state index in [1.165, 1.54) is 24.3 Å². The zero-order valence-corrected chi connectivity index (χ0v) is 18.7. The molecule has 3 aromatic carbocycles. The number of para-hydroxylation sites is 1. The van der Waals surface area contributed by atoms with Gasteiger partial charge in [0, 0.05) is 5.69 Å². The van der Waals surface area contributed by atoms with Gasteiger partial charge in [0.2, 0.25) is 0 Å². The highest BCUT2D eigenvalue weighted by Crippen LogP contribution is 2.47. The van der Waals surface area contributed by atoms with Crippen molar-refractivity contribution in [2.45, 2.75) is 42.8 Å². The zero-order chi connectivity index (χ0) is 24.0. The lowest BCUT2D eigenvalue weighted by Crippen LogP contribution is -2.32. The quantitative estimate of drug-likeness (QED) is 0.422. The van der Waals surface area contributed by atoms with Crippen LogP contribution >= 0.6 is 0 Å². The average molecular weight is 479 g/mol. The van der Waals surface area contributed by atoms with Gasteiger partial charge < -0.3 is 5.32 Å². The third-order valence-corrected chi connectivity index (χ3v) is 7.23. The van der Waals surface area contributed by atoms with Crippen LogP contribution < -0.4 is 10.0 Å². The summed E-state index contributed by atoms with van der Waals surface area (Å²) in [7, 11) is -4.19. The van der Waals surface area contributed by atoms with E-state index in [9.17, 15) is 26.0 Å². The van der Waals surface area contributed by atoms with Gasteiger partial charge in [-0.1, -0.05) is 44.2 Å². The van der Waals surface area contributed by atoms with Crippen molar-refractivity contribution >= 4 is 21.4 Å². The van der Waals surface area contributed by atoms with Crippen LogP contribution in [0, 0.1) is 5.82 Å². The highest BCUT2D eigenvalue weighted by atomic mass is 32.2. The van der Waals surface area contributed by atoms with Crippen LogP contribution in [0.15, 0.2) is 71.6 Å². The number of anilines is 2. The number of halogens is 4. The van der Waals surface area contributed by atoms with E-state index < -0.39 is 37.9 Å². The highest BCUT2D eigenvalue weighted by molar-refractivity contribution is 7.92. The van der Waals surface area contributed by atoms with E-state index in [1.807, 2.05) is 13.8 Å². The Morgan fingerprint density at radius 2 is 1.67 bits per heavy atom. The van der Waals surface area contributed by atoms with Gasteiger partial charge in [-0.15, -0.1) is 0 Å². The van der Waals surface area contributed by atoms with Crippen LogP contribution in [0.25, 0.3) is 0 Å². The smallest absolute Gasteiger partial charge is 0.378 e. The maximum Gasteiger partial charge on any atom is 0.416 e. The Hall–Kier alpha value is -3.07. The molecule has 0 fully saturated rings. The monoisotopic (exact) mass is 478 g/mol. The van der Waals surface area contributed by atoms with E-state index in [1.54, 1.807) is 24.3 Å². The predicted octanol–water partition coefficient (Wildman–Crippen LogP) is 6.48. The number of benzene rings is 3. The first-order chi connectivity index (χ1) is 15.4. The molecule has 4 nitrogen and oxygen atoms in total. The highest BCUT2D eigenvalue weighted by Gasteiger charge is 2.38. The van der Waals surface area contributed by atoms with E-state index in [0.29, 0.717) is 23.2 Å². The maximum atomic E-state index is 14.1. The molecule has 1 heterocycles. The van der Waals surface area contributed by atoms with Crippen molar-refractivity contribution in [1.29, 1.82) is 0 Å². The molecular formula is C24H22F4N2O2S. The van der Waals surface area contributed by atoms with Gasteiger partial charge >= 0.3 is 6.18 Å². The zero-order valence-electron chi connectivity index (χ0n) is 17.9. The number of hydrogen-bond acceptors (Lipinski definition) is 3. The second-order valence-corrected chi connectivity index (χ2v) is 10.3. The van der Waals surface area contributed by atoms with Gasteiger partial charge in [-0.3, -0.25) is 4.72 Å². The molecule has 1 unspecified atom stereocenters. The van der Waals surface area contributed by atoms with Crippen molar-refractivity contribution in [3.63, 3.8) is 0 Å². The molecule has 1 aliphatic rings. The van der Waals surface area contributed by atoms with Gasteiger partial charge in [0.1, 0.15) is 10.7 Å². The second kappa shape index (κ2) is 8.06. The minimum absolute atomic E-state index is 0.268. The van der Waals surface area contributed by atoms with Gasteiger partial charge in [-0.25, -0.2) is 12.8 Å². The van der Waals surface area contributed by atoms with Crippen molar-refractivity contribution in [2.24, 2.45) is 0 Å². The van der Waals surface area contributed by atoms with E-state index in [-0.39, 0.29) is 11.7 Å². The predicted molar refractivity (Wildman–Crippen MR) is 119 cm³/mol. The van der Waals surface area contributed by atoms with Crippen LogP contribution in [0.1, 0.15) is 43.0 Å². The first-order valence-electron chi connectivity index (χ1n) is 10.2. The van der Waals surface area contributed by atoms with E-state index in [2.05, 4.69) is 10.0 Å². The van der Waals surface area contributed by atoms with Crippen molar-refractivity contribution in [3.05, 3.63) is 89.2 Å². The number of alkyl halides is 3. The third kappa shape index (κ3) is 4.55. The summed E-state index contributed by atoms with van der Waals surface area (Å²) >= 11 is 0. The molecule has 174 valence electrons. The summed E-state index contributed by atoms with van der Waals surface area (Å²) in [4.78, 5) is -0.471. The van der Waals surface area contributed by atoms with Crippen molar-refractivity contribution < 1.29 is 26.0 Å². The molecular weight excluding hydrogens is 456 g/mol. The van der Waals surface area contributed by atoms with Gasteiger partial charge in [0.25, 0.3) is 10.0 Å². The number of fused-ring (bicyclic) bond motifs is 1. The molecule has 2 N–H and O–H groups in total. The molecule has 0 aliphatic carbocycles. The molecule has 3 aromatic rings. The molecule has 33 heavy (non-hydrogen) atoms. The van der Waals surface area contributed by atoms with Gasteiger partial charge in [-0.05, 0) is 59.4 Å². The Labute approximate surface area is 189 Å². The van der Waals surface area contributed by atoms with E-state index in [0.717, 1.165) is 18.2 Å². The average Bonchev–Trinajstić information content (AvgIpc) is 2.72. The molecule has 0 amide bonds. The van der Waals surface area contributed by atoms with Crippen molar-refractivity contribution in [3.8, 4) is 0 Å². The summed E-state index contributed by atoms with van der Waals surface area (Å²) in [6, 6.07) is 15.0. The topological polar surface area (TPSA) is 58.2 Å². The molecule has 0 saturated heterocycles. The Balaban J connectivity index is 1.70. The van der Waals surface area contributed by atoms with Gasteiger partial charge in [-0.2, -0.15) is 13.2 Å². The molecule has 1 atom stereocenters. The van der Waals surface area contributed by atoms with Crippen LogP contribution in [-0.4, -0.2) is 8.42 Å². The van der Waals surface area contributed by atoms with Gasteiger partial charge in [0.15, 0.2) is 0 Å². The maximum absolute atomic E-state index is 14.1. The number of nitrogens with one attached hydrogen (secondary N) is 2. The van der Waals surface area contributed by atoms with Crippen LogP contribution in [0.4, 0.5) is 28.9 Å². The lowest BCUT2D eigenvalue weighted by atomic mass is 9.73. The second-order valence-electron chi connectivity index (χ2n) is 8.67. The van der Waals surface area contributed by atoms with E-state index in [4.69, 9.17) is 0 Å². The van der Waals surface area contributed by atoms with Crippen LogP contribution in [0.2, 0.25) is 0 Å². The fourth-order valence-electron chi connectivity index (χ4n) is 4.21. The molecule has 4 rings (SSSR count). The Morgan fingerprint density at radius 3 is 2.36 bits per heavy atom. The summed E-state index contributed by atoms with van der Waals surface area (Å²) < 4.78 is 81.9.